The molecule has 1 amide bonds. The van der Waals surface area contributed by atoms with Crippen LogP contribution in [0.4, 0.5) is 0 Å². The summed E-state index contributed by atoms with van der Waals surface area (Å²) in [5.74, 6) is -0.286. The first-order chi connectivity index (χ1) is 30.8. The second kappa shape index (κ2) is 31.6. The zero-order chi connectivity index (χ0) is 47.0. The Bertz CT molecular complexity index is 1250. The van der Waals surface area contributed by atoms with Gasteiger partial charge in [-0.05, 0) is 12.8 Å². The maximum atomic E-state index is 13.1. The first-order valence-corrected chi connectivity index (χ1v) is 23.9. The van der Waals surface area contributed by atoms with Crippen LogP contribution in [0.15, 0.2) is 12.2 Å². The summed E-state index contributed by atoms with van der Waals surface area (Å²) in [6, 6.07) is -0.961. The van der Waals surface area contributed by atoms with Gasteiger partial charge < -0.3 is 89.9 Å². The number of nitrogens with one attached hydrogen (secondary N) is 1. The number of carbonyl (C=O) groups is 1. The molecule has 3 aliphatic rings. The van der Waals surface area contributed by atoms with Crippen LogP contribution in [0.5, 0.6) is 0 Å². The van der Waals surface area contributed by atoms with Crippen LogP contribution in [0.25, 0.3) is 0 Å². The summed E-state index contributed by atoms with van der Waals surface area (Å²) in [5, 5.41) is 119. The first kappa shape index (κ1) is 56.9. The quantitative estimate of drug-likeness (QED) is 0.0319. The van der Waals surface area contributed by atoms with Crippen molar-refractivity contribution < 1.29 is 89.4 Å². The number of ether oxygens (including phenoxy) is 6. The van der Waals surface area contributed by atoms with Gasteiger partial charge in [-0.15, -0.1) is 0 Å². The van der Waals surface area contributed by atoms with Crippen molar-refractivity contribution in [1.29, 1.82) is 0 Å². The number of amides is 1. The summed E-state index contributed by atoms with van der Waals surface area (Å²) in [5.41, 5.74) is 0. The number of aliphatic hydroxyl groups excluding tert-OH is 11. The summed E-state index contributed by atoms with van der Waals surface area (Å²) < 4.78 is 33.9. The van der Waals surface area contributed by atoms with Gasteiger partial charge in [-0.3, -0.25) is 4.79 Å². The van der Waals surface area contributed by atoms with E-state index in [1.807, 2.05) is 13.0 Å². The molecule has 19 nitrogen and oxygen atoms in total. The van der Waals surface area contributed by atoms with E-state index >= 15 is 0 Å². The number of unbranched alkanes of at least 4 members (excludes halogenated alkanes) is 16. The molecule has 0 aromatic carbocycles. The van der Waals surface area contributed by atoms with Crippen molar-refractivity contribution >= 4 is 5.91 Å². The van der Waals surface area contributed by atoms with Gasteiger partial charge in [0, 0.05) is 6.42 Å². The molecule has 12 N–H and O–H groups in total. The van der Waals surface area contributed by atoms with Crippen molar-refractivity contribution in [3.8, 4) is 0 Å². The Morgan fingerprint density at radius 1 is 0.547 bits per heavy atom. The Morgan fingerprint density at radius 3 is 1.45 bits per heavy atom. The zero-order valence-electron chi connectivity index (χ0n) is 38.0. The lowest BCUT2D eigenvalue weighted by Gasteiger charge is -2.48. The summed E-state index contributed by atoms with van der Waals surface area (Å²) in [7, 11) is 0. The van der Waals surface area contributed by atoms with Crippen LogP contribution in [0.2, 0.25) is 0 Å². The number of aliphatic hydroxyl groups is 11. The van der Waals surface area contributed by atoms with Crippen molar-refractivity contribution in [3.63, 3.8) is 0 Å². The predicted molar refractivity (Wildman–Crippen MR) is 231 cm³/mol. The van der Waals surface area contributed by atoms with E-state index < -0.39 is 124 Å². The van der Waals surface area contributed by atoms with Crippen molar-refractivity contribution in [2.24, 2.45) is 0 Å². The van der Waals surface area contributed by atoms with Crippen molar-refractivity contribution in [3.05, 3.63) is 12.2 Å². The second-order valence-corrected chi connectivity index (χ2v) is 17.6. The highest BCUT2D eigenvalue weighted by atomic mass is 16.8. The Labute approximate surface area is 378 Å². The minimum atomic E-state index is -1.97. The van der Waals surface area contributed by atoms with Gasteiger partial charge in [-0.1, -0.05) is 129 Å². The molecule has 3 fully saturated rings. The van der Waals surface area contributed by atoms with Crippen LogP contribution in [0, 0.1) is 0 Å². The highest BCUT2D eigenvalue weighted by molar-refractivity contribution is 5.76. The van der Waals surface area contributed by atoms with Gasteiger partial charge in [0.15, 0.2) is 18.9 Å². The van der Waals surface area contributed by atoms with Crippen LogP contribution in [0.1, 0.15) is 136 Å². The maximum absolute atomic E-state index is 13.1. The summed E-state index contributed by atoms with van der Waals surface area (Å²) in [6.45, 7) is 1.51. The van der Waals surface area contributed by atoms with Gasteiger partial charge >= 0.3 is 0 Å². The SMILES string of the molecule is CCCC/C=C/C(O)C(COC1OC(CO)C(OC2OC(CO)C(OC3OC(CO)C(O)C(O)C3O)C(O)C2O)C(O)C1O)NC(=O)CCCCCCCCCCCCCCCCC. The molecule has 0 spiro atoms. The van der Waals surface area contributed by atoms with E-state index in [-0.39, 0.29) is 18.9 Å². The molecule has 0 radical (unpaired) electrons. The van der Waals surface area contributed by atoms with E-state index in [1.165, 1.54) is 70.6 Å². The molecule has 0 aliphatic carbocycles. The monoisotopic (exact) mass is 926 g/mol. The molecule has 0 aromatic rings. The number of hydrogen-bond acceptors (Lipinski definition) is 18. The van der Waals surface area contributed by atoms with Crippen LogP contribution in [-0.2, 0) is 33.2 Å². The second-order valence-electron chi connectivity index (χ2n) is 17.6. The molecule has 3 aliphatic heterocycles. The third kappa shape index (κ3) is 18.2. The normalized spacial score (nSPS) is 34.5. The van der Waals surface area contributed by atoms with Crippen molar-refractivity contribution in [2.45, 2.75) is 240 Å². The standard InChI is InChI=1S/C45H83NO18/c1-3-5-7-9-10-11-12-13-14-15-16-17-18-19-21-23-33(51)46-28(29(50)22-20-8-6-4-2)27-59-43-39(57)36(54)41(31(25-48)61-43)64-45-40(58)37(55)42(32(26-49)62-45)63-44-38(56)35(53)34(52)30(24-47)60-44/h20,22,28-32,34-45,47-50,52-58H,3-19,21,23-27H2,1-2H3,(H,46,51)/b22-20+. The van der Waals surface area contributed by atoms with Gasteiger partial charge in [0.25, 0.3) is 0 Å². The molecule has 3 saturated heterocycles. The fourth-order valence-corrected chi connectivity index (χ4v) is 8.23. The van der Waals surface area contributed by atoms with E-state index in [4.69, 9.17) is 28.4 Å². The largest absolute Gasteiger partial charge is 0.394 e. The number of rotatable bonds is 32. The fraction of sp³-hybridized carbons (Fsp3) is 0.933. The highest BCUT2D eigenvalue weighted by Crippen LogP contribution is 2.33. The van der Waals surface area contributed by atoms with E-state index in [1.54, 1.807) is 6.08 Å². The van der Waals surface area contributed by atoms with Crippen molar-refractivity contribution in [1.82, 2.24) is 5.32 Å². The van der Waals surface area contributed by atoms with E-state index in [2.05, 4.69) is 12.2 Å². The third-order valence-electron chi connectivity index (χ3n) is 12.3. The zero-order valence-corrected chi connectivity index (χ0v) is 38.0. The third-order valence-corrected chi connectivity index (χ3v) is 12.3. The maximum Gasteiger partial charge on any atom is 0.220 e. The molecule has 17 atom stereocenters. The Kier molecular flexibility index (Phi) is 28.0. The van der Waals surface area contributed by atoms with Crippen LogP contribution in [-0.4, -0.2) is 193 Å². The molecule has 0 saturated carbocycles. The molecular weight excluding hydrogens is 842 g/mol. The summed E-state index contributed by atoms with van der Waals surface area (Å²) >= 11 is 0. The van der Waals surface area contributed by atoms with Gasteiger partial charge in [-0.25, -0.2) is 0 Å². The minimum Gasteiger partial charge on any atom is -0.394 e. The van der Waals surface area contributed by atoms with E-state index in [9.17, 15) is 61.0 Å². The van der Waals surface area contributed by atoms with Gasteiger partial charge in [0.05, 0.1) is 38.6 Å². The van der Waals surface area contributed by atoms with Gasteiger partial charge in [-0.2, -0.15) is 0 Å². The summed E-state index contributed by atoms with van der Waals surface area (Å²) in [6.07, 6.45) is -2.55. The molecular formula is C45H83NO18. The molecule has 3 heterocycles. The van der Waals surface area contributed by atoms with Gasteiger partial charge in [0.1, 0.15) is 73.2 Å². The summed E-state index contributed by atoms with van der Waals surface area (Å²) in [4.78, 5) is 13.1. The average Bonchev–Trinajstić information content (AvgIpc) is 3.29. The lowest BCUT2D eigenvalue weighted by molar-refractivity contribution is -0.379. The Balaban J connectivity index is 1.51. The first-order valence-electron chi connectivity index (χ1n) is 23.9. The molecule has 0 aromatic heterocycles. The molecule has 3 rings (SSSR count). The lowest BCUT2D eigenvalue weighted by Crippen LogP contribution is -2.66. The van der Waals surface area contributed by atoms with Crippen LogP contribution in [0.3, 0.4) is 0 Å². The fourth-order valence-electron chi connectivity index (χ4n) is 8.23. The number of allylic oxidation sites excluding steroid dienone is 1. The smallest absolute Gasteiger partial charge is 0.220 e. The van der Waals surface area contributed by atoms with Crippen LogP contribution >= 0.6 is 0 Å². The molecule has 0 bridgehead atoms. The molecule has 19 heteroatoms. The number of hydrogen-bond donors (Lipinski definition) is 12. The average molecular weight is 926 g/mol. The van der Waals surface area contributed by atoms with Crippen LogP contribution < -0.4 is 5.32 Å². The Hall–Kier alpha value is -1.47. The number of carbonyl (C=O) groups excluding carboxylic acids is 1. The predicted octanol–water partition coefficient (Wildman–Crippen LogP) is 0.305. The highest BCUT2D eigenvalue weighted by Gasteiger charge is 2.53. The van der Waals surface area contributed by atoms with E-state index in [0.29, 0.717) is 12.8 Å². The molecule has 17 unspecified atom stereocenters. The lowest BCUT2D eigenvalue weighted by atomic mass is 9.96. The van der Waals surface area contributed by atoms with E-state index in [0.717, 1.165) is 32.1 Å². The topological polar surface area (TPSA) is 307 Å². The van der Waals surface area contributed by atoms with Crippen molar-refractivity contribution in [2.75, 3.05) is 26.4 Å². The molecule has 64 heavy (non-hydrogen) atoms. The molecule has 376 valence electrons. The van der Waals surface area contributed by atoms with Gasteiger partial charge in [0.2, 0.25) is 5.91 Å². The minimum absolute atomic E-state index is 0.245. The Morgan fingerprint density at radius 2 is 0.969 bits per heavy atom.